The van der Waals surface area contributed by atoms with Crippen molar-refractivity contribution in [3.8, 4) is 5.75 Å². The lowest BCUT2D eigenvalue weighted by molar-refractivity contribution is 0.0545. The lowest BCUT2D eigenvalue weighted by atomic mass is 10.0. The highest BCUT2D eigenvalue weighted by molar-refractivity contribution is 6.05. The van der Waals surface area contributed by atoms with Crippen molar-refractivity contribution >= 4 is 28.5 Å². The summed E-state index contributed by atoms with van der Waals surface area (Å²) in [7, 11) is 1.58. The zero-order valence-corrected chi connectivity index (χ0v) is 18.7. The number of nitrogens with zero attached hydrogens (tertiary/aromatic N) is 2. The molecule has 3 aromatic rings. The third kappa shape index (κ3) is 4.37. The molecule has 170 valence electrons. The smallest absolute Gasteiger partial charge is 0.349 e. The van der Waals surface area contributed by atoms with E-state index in [9.17, 15) is 14.4 Å². The lowest BCUT2D eigenvalue weighted by Crippen LogP contribution is -2.49. The number of H-pyrrole nitrogens is 1. The van der Waals surface area contributed by atoms with Crippen molar-refractivity contribution < 1.29 is 19.1 Å². The summed E-state index contributed by atoms with van der Waals surface area (Å²) in [5, 5.41) is 0.764. The van der Waals surface area contributed by atoms with Gasteiger partial charge in [-0.05, 0) is 43.3 Å². The van der Waals surface area contributed by atoms with Crippen molar-refractivity contribution in [3.63, 3.8) is 0 Å². The number of piperazine rings is 1. The lowest BCUT2D eigenvalue weighted by Gasteiger charge is -2.37. The van der Waals surface area contributed by atoms with E-state index in [4.69, 9.17) is 9.47 Å². The van der Waals surface area contributed by atoms with Crippen LogP contribution in [0.15, 0.2) is 47.3 Å². The van der Waals surface area contributed by atoms with Crippen molar-refractivity contribution in [3.05, 3.63) is 76.4 Å². The quantitative estimate of drug-likeness (QED) is 0.477. The van der Waals surface area contributed by atoms with Gasteiger partial charge in [0, 0.05) is 37.1 Å². The van der Waals surface area contributed by atoms with E-state index >= 15 is 0 Å². The molecule has 4 rings (SSSR count). The Kier molecular flexibility index (Phi) is 6.26. The summed E-state index contributed by atoms with van der Waals surface area (Å²) in [6, 6.07) is 12.7. The molecule has 1 fully saturated rings. The van der Waals surface area contributed by atoms with Crippen LogP contribution >= 0.6 is 0 Å². The maximum Gasteiger partial charge on any atom is 0.349 e. The third-order valence-electron chi connectivity index (χ3n) is 5.80. The normalized spacial score (nSPS) is 13.8. The highest BCUT2D eigenvalue weighted by Crippen LogP contribution is 2.30. The Hall–Kier alpha value is -3.94. The molecule has 0 unspecified atom stereocenters. The van der Waals surface area contributed by atoms with E-state index in [0.717, 1.165) is 10.9 Å². The van der Waals surface area contributed by atoms with Gasteiger partial charge in [0.05, 0.1) is 18.3 Å². The predicted octanol–water partition coefficient (Wildman–Crippen LogP) is 2.80. The van der Waals surface area contributed by atoms with Crippen molar-refractivity contribution in [1.29, 1.82) is 0 Å². The van der Waals surface area contributed by atoms with Crippen LogP contribution in [0.4, 0.5) is 5.69 Å². The van der Waals surface area contributed by atoms with Crippen LogP contribution in [0.1, 0.15) is 26.3 Å². The first-order chi connectivity index (χ1) is 15.9. The van der Waals surface area contributed by atoms with Gasteiger partial charge in [0.2, 0.25) is 6.61 Å². The summed E-state index contributed by atoms with van der Waals surface area (Å²) in [6.45, 7) is 7.27. The van der Waals surface area contributed by atoms with Crippen LogP contribution in [0.3, 0.4) is 0 Å². The Bertz CT molecular complexity index is 1240. The zero-order chi connectivity index (χ0) is 23.5. The molecule has 1 amide bonds. The van der Waals surface area contributed by atoms with Crippen LogP contribution in [0.25, 0.3) is 10.9 Å². The van der Waals surface area contributed by atoms with Crippen molar-refractivity contribution in [2.75, 3.05) is 44.8 Å². The highest BCUT2D eigenvalue weighted by Gasteiger charge is 2.29. The average molecular weight is 448 g/mol. The molecular weight excluding hydrogens is 422 g/mol. The summed E-state index contributed by atoms with van der Waals surface area (Å²) in [5.41, 5.74) is 2.22. The van der Waals surface area contributed by atoms with Gasteiger partial charge in [-0.25, -0.2) is 4.79 Å². The number of amides is 1. The fraction of sp³-hybridized carbons (Fsp3) is 0.280. The van der Waals surface area contributed by atoms with Crippen LogP contribution in [-0.2, 0) is 4.74 Å². The van der Waals surface area contributed by atoms with Gasteiger partial charge in [-0.1, -0.05) is 11.6 Å². The van der Waals surface area contributed by atoms with Crippen molar-refractivity contribution in [2.45, 2.75) is 6.92 Å². The van der Waals surface area contributed by atoms with Gasteiger partial charge < -0.3 is 24.3 Å². The van der Waals surface area contributed by atoms with Crippen LogP contribution in [0.5, 0.6) is 5.75 Å². The van der Waals surface area contributed by atoms with E-state index in [0.29, 0.717) is 48.7 Å². The summed E-state index contributed by atoms with van der Waals surface area (Å²) in [5.74, 6) is -0.0865. The monoisotopic (exact) mass is 448 g/mol. The largest absolute Gasteiger partial charge is 0.497 e. The number of aromatic nitrogens is 1. The van der Waals surface area contributed by atoms with Gasteiger partial charge >= 0.3 is 5.97 Å². The SMILES string of the molecule is [CH2+]COC(=O)c1c(N2CCN(C(=O)c3ccc(OC)cc3)CC2)c2cc(C)ccc2[nH]c1=O. The standard InChI is InChI=1S/C25H25N3O5/c1-4-33-25(31)21-22(19-15-16(2)5-10-20(19)26-23(21)29)27-11-13-28(14-12-27)24(30)17-6-8-18(32-3)9-7-17/h5-10,15H,1,4,11-14H2,2-3H3/p+1. The van der Waals surface area contributed by atoms with Crippen LogP contribution in [0, 0.1) is 13.8 Å². The third-order valence-corrected chi connectivity index (χ3v) is 5.80. The van der Waals surface area contributed by atoms with Crippen LogP contribution in [0.2, 0.25) is 0 Å². The first-order valence-corrected chi connectivity index (χ1v) is 10.7. The first kappa shape index (κ1) is 22.3. The van der Waals surface area contributed by atoms with Gasteiger partial charge in [0.1, 0.15) is 18.2 Å². The number of ether oxygens (including phenoxy) is 2. The highest BCUT2D eigenvalue weighted by atomic mass is 16.5. The second-order valence-electron chi connectivity index (χ2n) is 7.87. The summed E-state index contributed by atoms with van der Waals surface area (Å²) in [6.07, 6.45) is 0. The molecule has 0 saturated carbocycles. The second kappa shape index (κ2) is 9.28. The topological polar surface area (TPSA) is 91.9 Å². The van der Waals surface area contributed by atoms with Crippen molar-refractivity contribution in [1.82, 2.24) is 9.88 Å². The molecule has 0 spiro atoms. The second-order valence-corrected chi connectivity index (χ2v) is 7.87. The number of aryl methyl sites for hydroxylation is 1. The number of pyridine rings is 1. The summed E-state index contributed by atoms with van der Waals surface area (Å²) < 4.78 is 10.2. The molecule has 33 heavy (non-hydrogen) atoms. The minimum atomic E-state index is -0.707. The number of anilines is 1. The van der Waals surface area contributed by atoms with Gasteiger partial charge in [0.25, 0.3) is 11.5 Å². The van der Waals surface area contributed by atoms with Crippen LogP contribution in [-0.4, -0.2) is 61.7 Å². The van der Waals surface area contributed by atoms with E-state index in [1.807, 2.05) is 30.0 Å². The van der Waals surface area contributed by atoms with E-state index in [1.165, 1.54) is 0 Å². The Morgan fingerprint density at radius 2 is 1.76 bits per heavy atom. The number of carbonyl (C=O) groups excluding carboxylic acids is 2. The Balaban J connectivity index is 1.65. The summed E-state index contributed by atoms with van der Waals surface area (Å²) in [4.78, 5) is 45.0. The molecule has 1 aliphatic heterocycles. The van der Waals surface area contributed by atoms with E-state index in [-0.39, 0.29) is 18.1 Å². The molecule has 1 saturated heterocycles. The number of benzene rings is 2. The molecule has 0 radical (unpaired) electrons. The minimum absolute atomic E-state index is 0.0355. The predicted molar refractivity (Wildman–Crippen MR) is 126 cm³/mol. The van der Waals surface area contributed by atoms with Gasteiger partial charge in [-0.2, -0.15) is 0 Å². The number of methoxy groups -OCH3 is 1. The number of rotatable bonds is 5. The number of fused-ring (bicyclic) bond motifs is 1. The van der Waals surface area contributed by atoms with E-state index in [2.05, 4.69) is 11.9 Å². The Labute approximate surface area is 191 Å². The van der Waals surface area contributed by atoms with E-state index < -0.39 is 11.5 Å². The Morgan fingerprint density at radius 3 is 2.39 bits per heavy atom. The van der Waals surface area contributed by atoms with Gasteiger partial charge in [-0.3, -0.25) is 9.59 Å². The zero-order valence-electron chi connectivity index (χ0n) is 18.7. The van der Waals surface area contributed by atoms with Crippen molar-refractivity contribution in [2.24, 2.45) is 0 Å². The number of nitrogens with one attached hydrogen (secondary N) is 1. The summed E-state index contributed by atoms with van der Waals surface area (Å²) >= 11 is 0. The molecule has 1 N–H and O–H groups in total. The molecule has 1 aromatic heterocycles. The fourth-order valence-corrected chi connectivity index (χ4v) is 4.12. The molecule has 0 atom stereocenters. The molecule has 2 heterocycles. The maximum absolute atomic E-state index is 12.9. The molecular formula is C25H26N3O5+. The average Bonchev–Trinajstić information content (AvgIpc) is 2.83. The van der Waals surface area contributed by atoms with Crippen LogP contribution < -0.4 is 15.2 Å². The Morgan fingerprint density at radius 1 is 1.06 bits per heavy atom. The number of esters is 1. The minimum Gasteiger partial charge on any atom is -0.497 e. The molecule has 2 aromatic carbocycles. The molecule has 8 heteroatoms. The van der Waals surface area contributed by atoms with Gasteiger partial charge in [0.15, 0.2) is 0 Å². The number of carbonyl (C=O) groups is 2. The maximum atomic E-state index is 12.9. The molecule has 8 nitrogen and oxygen atoms in total. The van der Waals surface area contributed by atoms with Gasteiger partial charge in [-0.15, -0.1) is 0 Å². The first-order valence-electron chi connectivity index (χ1n) is 10.7. The number of hydrogen-bond acceptors (Lipinski definition) is 6. The molecule has 0 bridgehead atoms. The van der Waals surface area contributed by atoms with E-state index in [1.54, 1.807) is 36.3 Å². The fourth-order valence-electron chi connectivity index (χ4n) is 4.12. The molecule has 1 aliphatic rings. The molecule has 0 aliphatic carbocycles. The number of aromatic amines is 1. The number of hydrogen-bond donors (Lipinski definition) is 1.